The van der Waals surface area contributed by atoms with Crippen LogP contribution in [-0.2, 0) is 4.79 Å². The van der Waals surface area contributed by atoms with Crippen LogP contribution in [0.25, 0.3) is 0 Å². The molecule has 0 aliphatic rings. The number of benzene rings is 1. The molecule has 0 aliphatic heterocycles. The van der Waals surface area contributed by atoms with Crippen LogP contribution in [0.2, 0.25) is 0 Å². The van der Waals surface area contributed by atoms with Gasteiger partial charge in [0.1, 0.15) is 0 Å². The molecule has 0 atom stereocenters. The molecule has 0 radical (unpaired) electrons. The van der Waals surface area contributed by atoms with Crippen molar-refractivity contribution in [3.63, 3.8) is 0 Å². The molecule has 0 heterocycles. The zero-order chi connectivity index (χ0) is 17.3. The van der Waals surface area contributed by atoms with E-state index in [9.17, 15) is 4.79 Å². The minimum Gasteiger partial charge on any atom is -0.359 e. The van der Waals surface area contributed by atoms with Gasteiger partial charge in [-0.3, -0.25) is 4.79 Å². The lowest BCUT2D eigenvalue weighted by Crippen LogP contribution is -2.49. The van der Waals surface area contributed by atoms with Crippen LogP contribution in [0.3, 0.4) is 0 Å². The Balaban J connectivity index is 2.29. The van der Waals surface area contributed by atoms with Gasteiger partial charge >= 0.3 is 0 Å². The predicted molar refractivity (Wildman–Crippen MR) is 102 cm³/mol. The van der Waals surface area contributed by atoms with Gasteiger partial charge in [0.15, 0.2) is 0 Å². The molecule has 0 saturated carbocycles. The van der Waals surface area contributed by atoms with Crippen LogP contribution < -0.4 is 16.0 Å². The van der Waals surface area contributed by atoms with Crippen molar-refractivity contribution in [2.75, 3.05) is 18.9 Å². The number of aryl methyl sites for hydroxylation is 1. The maximum absolute atomic E-state index is 11.1. The van der Waals surface area contributed by atoms with Gasteiger partial charge in [0.05, 0.1) is 10.5 Å². The van der Waals surface area contributed by atoms with Gasteiger partial charge in [0.2, 0.25) is 5.91 Å². The molecule has 1 aromatic rings. The van der Waals surface area contributed by atoms with Crippen molar-refractivity contribution in [1.29, 1.82) is 0 Å². The number of carbonyl (C=O) groups is 1. The summed E-state index contributed by atoms with van der Waals surface area (Å²) < 4.78 is 0. The van der Waals surface area contributed by atoms with Crippen molar-refractivity contribution in [2.45, 2.75) is 52.0 Å². The highest BCUT2D eigenvalue weighted by molar-refractivity contribution is 7.80. The van der Waals surface area contributed by atoms with Crippen LogP contribution in [0.15, 0.2) is 24.3 Å². The quantitative estimate of drug-likeness (QED) is 0.478. The van der Waals surface area contributed by atoms with E-state index in [-0.39, 0.29) is 11.4 Å². The van der Waals surface area contributed by atoms with Gasteiger partial charge in [-0.05, 0) is 52.3 Å². The van der Waals surface area contributed by atoms with Crippen LogP contribution in [0, 0.1) is 6.92 Å². The van der Waals surface area contributed by atoms with Gasteiger partial charge in [-0.25, -0.2) is 0 Å². The number of anilines is 1. The first-order valence-corrected chi connectivity index (χ1v) is 8.59. The summed E-state index contributed by atoms with van der Waals surface area (Å²) in [6.07, 6.45) is 3.60. The van der Waals surface area contributed by atoms with E-state index >= 15 is 0 Å². The first-order valence-electron chi connectivity index (χ1n) is 8.19. The lowest BCUT2D eigenvalue weighted by Gasteiger charge is -2.28. The van der Waals surface area contributed by atoms with E-state index in [1.165, 1.54) is 5.56 Å². The number of unbranched alkanes of at least 4 members (excludes halogenated alkanes) is 2. The zero-order valence-electron chi connectivity index (χ0n) is 14.7. The summed E-state index contributed by atoms with van der Waals surface area (Å²) >= 11 is 5.53. The Morgan fingerprint density at radius 1 is 1.13 bits per heavy atom. The second-order valence-electron chi connectivity index (χ2n) is 6.36. The zero-order valence-corrected chi connectivity index (χ0v) is 15.5. The Morgan fingerprint density at radius 2 is 1.78 bits per heavy atom. The van der Waals surface area contributed by atoms with E-state index < -0.39 is 0 Å². The number of hydrogen-bond donors (Lipinski definition) is 3. The molecule has 23 heavy (non-hydrogen) atoms. The molecule has 128 valence electrons. The van der Waals surface area contributed by atoms with Gasteiger partial charge in [0.25, 0.3) is 0 Å². The third kappa shape index (κ3) is 7.57. The second kappa shape index (κ2) is 9.63. The molecule has 0 unspecified atom stereocenters. The van der Waals surface area contributed by atoms with E-state index in [1.54, 1.807) is 7.05 Å². The fourth-order valence-corrected chi connectivity index (χ4v) is 2.31. The van der Waals surface area contributed by atoms with Crippen LogP contribution in [-0.4, -0.2) is 30.0 Å². The normalized spacial score (nSPS) is 11.1. The lowest BCUT2D eigenvalue weighted by molar-refractivity contribution is -0.120. The average Bonchev–Trinajstić information content (AvgIpc) is 2.52. The van der Waals surface area contributed by atoms with Gasteiger partial charge in [0, 0.05) is 19.2 Å². The van der Waals surface area contributed by atoms with Crippen molar-refractivity contribution >= 4 is 28.8 Å². The molecule has 0 fully saturated rings. The minimum atomic E-state index is -0.263. The summed E-state index contributed by atoms with van der Waals surface area (Å²) in [5, 5.41) is 9.43. The predicted octanol–water partition coefficient (Wildman–Crippen LogP) is 3.41. The Bertz CT molecular complexity index is 512. The summed E-state index contributed by atoms with van der Waals surface area (Å²) in [6, 6.07) is 8.21. The van der Waals surface area contributed by atoms with E-state index in [0.717, 1.165) is 36.5 Å². The molecule has 0 bridgehead atoms. The molecular formula is C18H29N3OS. The lowest BCUT2D eigenvalue weighted by atomic mass is 10.0. The number of nitrogens with one attached hydrogen (secondary N) is 3. The molecule has 3 N–H and O–H groups in total. The largest absolute Gasteiger partial charge is 0.359 e. The first kappa shape index (κ1) is 19.6. The maximum atomic E-state index is 11.1. The molecule has 1 aromatic carbocycles. The Kier molecular flexibility index (Phi) is 8.20. The van der Waals surface area contributed by atoms with Crippen LogP contribution in [0.4, 0.5) is 5.69 Å². The molecule has 0 aliphatic carbocycles. The number of amides is 1. The second-order valence-corrected chi connectivity index (χ2v) is 6.76. The third-order valence-electron chi connectivity index (χ3n) is 3.80. The van der Waals surface area contributed by atoms with E-state index in [4.69, 9.17) is 12.2 Å². The summed E-state index contributed by atoms with van der Waals surface area (Å²) in [6.45, 7) is 7.12. The molecule has 5 heteroatoms. The maximum Gasteiger partial charge on any atom is 0.219 e. The Labute approximate surface area is 145 Å². The topological polar surface area (TPSA) is 53.2 Å². The number of rotatable bonds is 9. The van der Waals surface area contributed by atoms with E-state index in [2.05, 4.69) is 48.9 Å². The summed E-state index contributed by atoms with van der Waals surface area (Å²) in [5.74, 6) is 0.113. The number of hydrogen-bond acceptors (Lipinski definition) is 3. The van der Waals surface area contributed by atoms with Crippen molar-refractivity contribution in [2.24, 2.45) is 0 Å². The average molecular weight is 336 g/mol. The fourth-order valence-electron chi connectivity index (χ4n) is 2.12. The van der Waals surface area contributed by atoms with Gasteiger partial charge in [-0.2, -0.15) is 0 Å². The highest BCUT2D eigenvalue weighted by atomic mass is 32.1. The molecule has 1 rings (SSSR count). The molecule has 0 saturated heterocycles. The minimum absolute atomic E-state index is 0.113. The monoisotopic (exact) mass is 335 g/mol. The highest BCUT2D eigenvalue weighted by Crippen LogP contribution is 2.13. The molecule has 0 aromatic heterocycles. The summed E-state index contributed by atoms with van der Waals surface area (Å²) in [5.41, 5.74) is 1.98. The van der Waals surface area contributed by atoms with Crippen LogP contribution in [0.1, 0.15) is 45.1 Å². The first-order chi connectivity index (χ1) is 10.8. The van der Waals surface area contributed by atoms with Crippen LogP contribution >= 0.6 is 12.2 Å². The third-order valence-corrected chi connectivity index (χ3v) is 4.42. The van der Waals surface area contributed by atoms with Crippen molar-refractivity contribution < 1.29 is 4.79 Å². The molecular weight excluding hydrogens is 306 g/mol. The van der Waals surface area contributed by atoms with Crippen LogP contribution in [0.5, 0.6) is 0 Å². The molecule has 1 amide bonds. The van der Waals surface area contributed by atoms with E-state index in [1.807, 2.05) is 12.1 Å². The van der Waals surface area contributed by atoms with Gasteiger partial charge in [-0.1, -0.05) is 36.3 Å². The van der Waals surface area contributed by atoms with Crippen molar-refractivity contribution in [3.05, 3.63) is 29.8 Å². The smallest absolute Gasteiger partial charge is 0.219 e. The molecule has 0 spiro atoms. The van der Waals surface area contributed by atoms with Gasteiger partial charge in [-0.15, -0.1) is 0 Å². The number of carbonyl (C=O) groups excluding carboxylic acids is 1. The van der Waals surface area contributed by atoms with Crippen molar-refractivity contribution in [3.8, 4) is 0 Å². The number of thiocarbonyl (C=S) groups is 1. The SMILES string of the molecule is CNC(=O)CCCCCNC(C)(C)C(=S)Nc1ccc(C)cc1. The Morgan fingerprint density at radius 3 is 2.39 bits per heavy atom. The molecule has 4 nitrogen and oxygen atoms in total. The Hall–Kier alpha value is -1.46. The summed E-state index contributed by atoms with van der Waals surface area (Å²) in [4.78, 5) is 11.9. The standard InChI is InChI=1S/C18H29N3OS/c1-14-9-11-15(12-10-14)21-17(23)18(2,3)20-13-7-5-6-8-16(22)19-4/h9-12,20H,5-8,13H2,1-4H3,(H,19,22)(H,21,23). The fraction of sp³-hybridized carbons (Fsp3) is 0.556. The summed E-state index contributed by atoms with van der Waals surface area (Å²) in [7, 11) is 1.68. The van der Waals surface area contributed by atoms with E-state index in [0.29, 0.717) is 6.42 Å². The highest BCUT2D eigenvalue weighted by Gasteiger charge is 2.22. The van der Waals surface area contributed by atoms with Gasteiger partial charge < -0.3 is 16.0 Å². The van der Waals surface area contributed by atoms with Crippen molar-refractivity contribution in [1.82, 2.24) is 10.6 Å².